The molecule has 0 aromatic heterocycles. The number of urea groups is 1. The molecule has 2 N–H and O–H groups in total. The van der Waals surface area contributed by atoms with Gasteiger partial charge >= 0.3 is 24.1 Å². The first-order valence-electron chi connectivity index (χ1n) is 9.10. The number of amides is 3. The average Bonchev–Trinajstić information content (AvgIpc) is 2.59. The molecular weight excluding hydrogens is 380 g/mol. The molecule has 29 heavy (non-hydrogen) atoms. The number of carboxylic acid groups (broad SMARTS) is 1. The predicted octanol–water partition coefficient (Wildman–Crippen LogP) is 3.74. The van der Waals surface area contributed by atoms with Crippen LogP contribution in [0.2, 0.25) is 0 Å². The van der Waals surface area contributed by atoms with Crippen LogP contribution in [-0.2, 0) is 14.3 Å². The van der Waals surface area contributed by atoms with Gasteiger partial charge in [0.2, 0.25) is 0 Å². The first kappa shape index (κ1) is 23.9. The molecule has 0 fully saturated rings. The molecule has 0 spiro atoms. The van der Waals surface area contributed by atoms with E-state index in [1.807, 2.05) is 0 Å². The number of benzene rings is 1. The van der Waals surface area contributed by atoms with E-state index in [1.54, 1.807) is 34.6 Å². The summed E-state index contributed by atoms with van der Waals surface area (Å²) in [6.45, 7) is 8.42. The largest absolute Gasteiger partial charge is 0.480 e. The zero-order valence-corrected chi connectivity index (χ0v) is 17.5. The van der Waals surface area contributed by atoms with Gasteiger partial charge in [-0.05, 0) is 57.4 Å². The van der Waals surface area contributed by atoms with Crippen molar-refractivity contribution in [2.75, 3.05) is 12.4 Å². The van der Waals surface area contributed by atoms with Crippen molar-refractivity contribution >= 4 is 29.8 Å². The van der Waals surface area contributed by atoms with Gasteiger partial charge in [-0.25, -0.2) is 24.1 Å². The minimum Gasteiger partial charge on any atom is -0.480 e. The highest BCUT2D eigenvalue weighted by molar-refractivity contribution is 6.02. The Bertz CT molecular complexity index is 751. The van der Waals surface area contributed by atoms with E-state index < -0.39 is 35.7 Å². The van der Waals surface area contributed by atoms with E-state index in [0.717, 1.165) is 0 Å². The molecule has 0 aliphatic rings. The Morgan fingerprint density at radius 3 is 2.07 bits per heavy atom. The second-order valence-corrected chi connectivity index (χ2v) is 7.83. The van der Waals surface area contributed by atoms with Gasteiger partial charge in [-0.2, -0.15) is 0 Å². The third-order valence-electron chi connectivity index (χ3n) is 3.66. The van der Waals surface area contributed by atoms with Gasteiger partial charge in [-0.15, -0.1) is 0 Å². The van der Waals surface area contributed by atoms with Crippen LogP contribution >= 0.6 is 0 Å². The molecule has 1 rings (SSSR count). The van der Waals surface area contributed by atoms with E-state index in [1.165, 1.54) is 31.4 Å². The van der Waals surface area contributed by atoms with Crippen molar-refractivity contribution in [1.29, 1.82) is 0 Å². The average molecular weight is 408 g/mol. The lowest BCUT2D eigenvalue weighted by molar-refractivity contribution is -0.142. The highest BCUT2D eigenvalue weighted by Crippen LogP contribution is 2.19. The van der Waals surface area contributed by atoms with Gasteiger partial charge in [0.15, 0.2) is 0 Å². The molecule has 9 heteroatoms. The van der Waals surface area contributed by atoms with E-state index in [2.05, 4.69) is 10.1 Å². The summed E-state index contributed by atoms with van der Waals surface area (Å²) in [7, 11) is 1.25. The van der Waals surface area contributed by atoms with E-state index in [9.17, 15) is 24.3 Å². The van der Waals surface area contributed by atoms with Crippen LogP contribution in [0.15, 0.2) is 24.3 Å². The number of anilines is 1. The number of carbonyl (C=O) groups excluding carboxylic acids is 3. The predicted molar refractivity (Wildman–Crippen MR) is 106 cm³/mol. The summed E-state index contributed by atoms with van der Waals surface area (Å²) < 4.78 is 9.85. The number of hydrogen-bond donors (Lipinski definition) is 2. The third-order valence-corrected chi connectivity index (χ3v) is 3.66. The summed E-state index contributed by atoms with van der Waals surface area (Å²) in [5.74, 6) is -1.95. The minimum atomic E-state index is -1.40. The van der Waals surface area contributed by atoms with Gasteiger partial charge in [-0.3, -0.25) is 0 Å². The summed E-state index contributed by atoms with van der Waals surface area (Å²) >= 11 is 0. The molecule has 0 radical (unpaired) electrons. The van der Waals surface area contributed by atoms with Crippen molar-refractivity contribution in [3.8, 4) is 0 Å². The standard InChI is InChI=1S/C20H28N2O7/c1-12(2)11-15(16(23)24)22(19(27)29-20(3,4)5)18(26)21-14-9-7-13(8-10-14)17(25)28-6/h7-10,12,15H,11H2,1-6H3,(H,21,26)(H,23,24)/t15-/m0/s1. The fourth-order valence-electron chi connectivity index (χ4n) is 2.42. The first-order chi connectivity index (χ1) is 13.4. The summed E-state index contributed by atoms with van der Waals surface area (Å²) in [5.41, 5.74) is -0.374. The number of ether oxygens (including phenoxy) is 2. The zero-order chi connectivity index (χ0) is 22.4. The number of carbonyl (C=O) groups is 4. The summed E-state index contributed by atoms with van der Waals surface area (Å²) in [6, 6.07) is 3.40. The van der Waals surface area contributed by atoms with E-state index >= 15 is 0 Å². The highest BCUT2D eigenvalue weighted by Gasteiger charge is 2.38. The second kappa shape index (κ2) is 9.90. The molecule has 160 valence electrons. The van der Waals surface area contributed by atoms with Crippen molar-refractivity contribution in [2.45, 2.75) is 52.7 Å². The Morgan fingerprint density at radius 1 is 1.10 bits per heavy atom. The lowest BCUT2D eigenvalue weighted by atomic mass is 10.0. The minimum absolute atomic E-state index is 0.0588. The molecule has 9 nitrogen and oxygen atoms in total. The van der Waals surface area contributed by atoms with Crippen LogP contribution in [-0.4, -0.2) is 52.8 Å². The quantitative estimate of drug-likeness (QED) is 0.687. The lowest BCUT2D eigenvalue weighted by Crippen LogP contribution is -2.52. The summed E-state index contributed by atoms with van der Waals surface area (Å²) in [6.07, 6.45) is -1.00. The molecule has 0 bridgehead atoms. The highest BCUT2D eigenvalue weighted by atomic mass is 16.6. The molecule has 0 unspecified atom stereocenters. The van der Waals surface area contributed by atoms with E-state index in [4.69, 9.17) is 4.74 Å². The fraction of sp³-hybridized carbons (Fsp3) is 0.500. The van der Waals surface area contributed by atoms with Crippen LogP contribution < -0.4 is 5.32 Å². The van der Waals surface area contributed by atoms with Crippen LogP contribution in [0.1, 0.15) is 51.4 Å². The number of aliphatic carboxylic acids is 1. The maximum atomic E-state index is 12.8. The number of rotatable bonds is 6. The molecule has 1 aromatic carbocycles. The fourth-order valence-corrected chi connectivity index (χ4v) is 2.42. The first-order valence-corrected chi connectivity index (χ1v) is 9.10. The Labute approximate surface area is 170 Å². The maximum absolute atomic E-state index is 12.8. The van der Waals surface area contributed by atoms with Gasteiger partial charge in [-0.1, -0.05) is 13.8 Å². The van der Waals surface area contributed by atoms with E-state index in [0.29, 0.717) is 4.90 Å². The number of methoxy groups -OCH3 is 1. The molecule has 0 saturated carbocycles. The number of imide groups is 1. The smallest absolute Gasteiger partial charge is 0.419 e. The normalized spacial score (nSPS) is 12.1. The Kier molecular flexibility index (Phi) is 8.17. The van der Waals surface area contributed by atoms with Crippen LogP contribution in [0, 0.1) is 5.92 Å². The zero-order valence-electron chi connectivity index (χ0n) is 17.5. The lowest BCUT2D eigenvalue weighted by Gasteiger charge is -2.30. The van der Waals surface area contributed by atoms with Gasteiger partial charge in [0.25, 0.3) is 0 Å². The molecule has 1 atom stereocenters. The number of nitrogens with zero attached hydrogens (tertiary/aromatic N) is 1. The van der Waals surface area contributed by atoms with Crippen molar-refractivity contribution in [1.82, 2.24) is 4.90 Å². The molecule has 0 aliphatic heterocycles. The number of carboxylic acids is 1. The summed E-state index contributed by atoms with van der Waals surface area (Å²) in [5, 5.41) is 12.1. The van der Waals surface area contributed by atoms with Gasteiger partial charge in [0.05, 0.1) is 12.7 Å². The van der Waals surface area contributed by atoms with Crippen molar-refractivity contribution < 1.29 is 33.8 Å². The van der Waals surface area contributed by atoms with Crippen LogP contribution in [0.25, 0.3) is 0 Å². The Balaban J connectivity index is 3.16. The van der Waals surface area contributed by atoms with Crippen molar-refractivity contribution in [3.63, 3.8) is 0 Å². The van der Waals surface area contributed by atoms with Gasteiger partial charge in [0.1, 0.15) is 11.6 Å². The number of nitrogens with one attached hydrogen (secondary N) is 1. The van der Waals surface area contributed by atoms with E-state index in [-0.39, 0.29) is 23.6 Å². The SMILES string of the molecule is COC(=O)c1ccc(NC(=O)N(C(=O)OC(C)(C)C)[C@@H](CC(C)C)C(=O)O)cc1. The number of esters is 1. The number of hydrogen-bond acceptors (Lipinski definition) is 6. The second-order valence-electron chi connectivity index (χ2n) is 7.83. The molecule has 1 aromatic rings. The van der Waals surface area contributed by atoms with Crippen molar-refractivity contribution in [2.24, 2.45) is 5.92 Å². The van der Waals surface area contributed by atoms with Crippen molar-refractivity contribution in [3.05, 3.63) is 29.8 Å². The monoisotopic (exact) mass is 408 g/mol. The topological polar surface area (TPSA) is 122 Å². The molecule has 0 saturated heterocycles. The maximum Gasteiger partial charge on any atom is 0.419 e. The molecular formula is C20H28N2O7. The molecule has 3 amide bonds. The van der Waals surface area contributed by atoms with Gasteiger partial charge in [0, 0.05) is 5.69 Å². The van der Waals surface area contributed by atoms with Crippen LogP contribution in [0.5, 0.6) is 0 Å². The van der Waals surface area contributed by atoms with Gasteiger partial charge < -0.3 is 19.9 Å². The van der Waals surface area contributed by atoms with Crippen LogP contribution in [0.3, 0.4) is 0 Å². The molecule has 0 heterocycles. The molecule has 0 aliphatic carbocycles. The third kappa shape index (κ3) is 7.44. The van der Waals surface area contributed by atoms with Crippen LogP contribution in [0.4, 0.5) is 15.3 Å². The Hall–Kier alpha value is -3.10. The summed E-state index contributed by atoms with van der Waals surface area (Å²) in [4.78, 5) is 49.3. The Morgan fingerprint density at radius 2 is 1.66 bits per heavy atom.